The number of amides is 1. The van der Waals surface area contributed by atoms with Gasteiger partial charge < -0.3 is 19.5 Å². The molecule has 2 rings (SSSR count). The van der Waals surface area contributed by atoms with Gasteiger partial charge in [0, 0.05) is 19.0 Å². The summed E-state index contributed by atoms with van der Waals surface area (Å²) in [6.07, 6.45) is 7.58. The maximum absolute atomic E-state index is 12.6. The Morgan fingerprint density at radius 3 is 2.64 bits per heavy atom. The van der Waals surface area contributed by atoms with E-state index in [0.29, 0.717) is 24.5 Å². The Morgan fingerprint density at radius 1 is 1.18 bits per heavy atom. The van der Waals surface area contributed by atoms with Gasteiger partial charge in [-0.1, -0.05) is 48.2 Å². The van der Waals surface area contributed by atoms with Gasteiger partial charge in [-0.3, -0.25) is 4.79 Å². The minimum absolute atomic E-state index is 0.174. The van der Waals surface area contributed by atoms with Crippen molar-refractivity contribution in [2.45, 2.75) is 19.4 Å². The van der Waals surface area contributed by atoms with Crippen LogP contribution in [-0.4, -0.2) is 26.2 Å². The fourth-order valence-corrected chi connectivity index (χ4v) is 2.55. The Labute approximate surface area is 166 Å². The number of rotatable bonds is 9. The Morgan fingerprint density at radius 2 is 1.96 bits per heavy atom. The molecule has 0 heterocycles. The number of carbonyl (C=O) groups excluding carboxylic acids is 1. The molecule has 1 atom stereocenters. The van der Waals surface area contributed by atoms with Crippen molar-refractivity contribution in [1.29, 1.82) is 0 Å². The molecule has 0 saturated carbocycles. The van der Waals surface area contributed by atoms with Gasteiger partial charge in [0.2, 0.25) is 6.10 Å². The molecule has 144 valence electrons. The highest BCUT2D eigenvalue weighted by Gasteiger charge is 2.21. The number of hydrogen-bond donors (Lipinski definition) is 1. The maximum Gasteiger partial charge on any atom is 0.266 e. The van der Waals surface area contributed by atoms with Crippen LogP contribution in [0.2, 0.25) is 0 Å². The van der Waals surface area contributed by atoms with Crippen molar-refractivity contribution in [3.8, 4) is 35.9 Å². The van der Waals surface area contributed by atoms with Crippen LogP contribution in [0.5, 0.6) is 11.5 Å². The third-order valence-corrected chi connectivity index (χ3v) is 3.87. The summed E-state index contributed by atoms with van der Waals surface area (Å²) < 4.78 is 16.2. The third-order valence-electron chi connectivity index (χ3n) is 3.87. The second-order valence-electron chi connectivity index (χ2n) is 5.78. The average Bonchev–Trinajstić information content (AvgIpc) is 2.73. The molecule has 2 aromatic rings. The van der Waals surface area contributed by atoms with Crippen molar-refractivity contribution < 1.29 is 19.0 Å². The average molecular weight is 377 g/mol. The van der Waals surface area contributed by atoms with E-state index in [9.17, 15) is 4.79 Å². The molecule has 0 bridgehead atoms. The minimum atomic E-state index is -0.775. The van der Waals surface area contributed by atoms with Gasteiger partial charge >= 0.3 is 0 Å². The molecule has 5 nitrogen and oxygen atoms in total. The summed E-state index contributed by atoms with van der Waals surface area (Å²) in [6.45, 7) is 2.27. The first-order chi connectivity index (χ1) is 13.7. The van der Waals surface area contributed by atoms with E-state index in [1.807, 2.05) is 42.5 Å². The van der Waals surface area contributed by atoms with Gasteiger partial charge in [0.25, 0.3) is 5.91 Å². The Kier molecular flexibility index (Phi) is 8.30. The van der Waals surface area contributed by atoms with Gasteiger partial charge in [-0.25, -0.2) is 0 Å². The fourth-order valence-electron chi connectivity index (χ4n) is 2.55. The molecule has 2 aromatic carbocycles. The molecule has 0 spiro atoms. The third kappa shape index (κ3) is 6.00. The predicted molar refractivity (Wildman–Crippen MR) is 108 cm³/mol. The molecule has 1 amide bonds. The molecule has 0 radical (unpaired) electrons. The van der Waals surface area contributed by atoms with E-state index in [1.165, 1.54) is 0 Å². The second kappa shape index (κ2) is 11.2. The zero-order valence-electron chi connectivity index (χ0n) is 16.0. The molecular formula is C23H23NO4. The summed E-state index contributed by atoms with van der Waals surface area (Å²) in [7, 11) is 1.57. The molecule has 5 heteroatoms. The van der Waals surface area contributed by atoms with Gasteiger partial charge in [-0.15, -0.1) is 6.42 Å². The smallest absolute Gasteiger partial charge is 0.266 e. The zero-order chi connectivity index (χ0) is 20.2. The van der Waals surface area contributed by atoms with Crippen molar-refractivity contribution in [2.75, 3.05) is 20.3 Å². The van der Waals surface area contributed by atoms with E-state index >= 15 is 0 Å². The van der Waals surface area contributed by atoms with Gasteiger partial charge in [0.05, 0.1) is 7.11 Å². The highest BCUT2D eigenvalue weighted by atomic mass is 16.5. The standard InChI is InChI=1S/C23H23NO4/c1-4-15-27-20-12-11-18(17-21(20)26-3)13-14-24-23(25)22(28-16-5-2)19-9-7-6-8-10-19/h1,6-12,17,22H,13-15H2,2-3H3,(H,24,25). The quantitative estimate of drug-likeness (QED) is 0.683. The van der Waals surface area contributed by atoms with E-state index in [-0.39, 0.29) is 12.5 Å². The molecule has 0 aliphatic rings. The lowest BCUT2D eigenvalue weighted by Gasteiger charge is -2.15. The second-order valence-corrected chi connectivity index (χ2v) is 5.78. The van der Waals surface area contributed by atoms with Crippen LogP contribution in [0.4, 0.5) is 0 Å². The highest BCUT2D eigenvalue weighted by Crippen LogP contribution is 2.28. The number of nitrogens with one attached hydrogen (secondary N) is 1. The molecule has 0 aromatic heterocycles. The first-order valence-electron chi connectivity index (χ1n) is 8.82. The van der Waals surface area contributed by atoms with Crippen molar-refractivity contribution in [2.24, 2.45) is 0 Å². The van der Waals surface area contributed by atoms with Crippen molar-refractivity contribution in [1.82, 2.24) is 5.32 Å². The fraction of sp³-hybridized carbons (Fsp3) is 0.261. The molecule has 28 heavy (non-hydrogen) atoms. The largest absolute Gasteiger partial charge is 0.493 e. The number of ether oxygens (including phenoxy) is 3. The van der Waals surface area contributed by atoms with Crippen LogP contribution in [0.3, 0.4) is 0 Å². The molecule has 0 aliphatic heterocycles. The number of carbonyl (C=O) groups is 1. The molecule has 0 saturated heterocycles. The van der Waals surface area contributed by atoms with Crippen LogP contribution in [-0.2, 0) is 16.0 Å². The molecule has 1 unspecified atom stereocenters. The lowest BCUT2D eigenvalue weighted by Crippen LogP contribution is -2.31. The van der Waals surface area contributed by atoms with Crippen LogP contribution < -0.4 is 14.8 Å². The van der Waals surface area contributed by atoms with Gasteiger partial charge in [-0.2, -0.15) is 0 Å². The Bertz CT molecular complexity index is 875. The van der Waals surface area contributed by atoms with E-state index in [0.717, 1.165) is 11.1 Å². The van der Waals surface area contributed by atoms with E-state index < -0.39 is 6.10 Å². The molecular weight excluding hydrogens is 354 g/mol. The molecule has 1 N–H and O–H groups in total. The summed E-state index contributed by atoms with van der Waals surface area (Å²) in [6, 6.07) is 14.8. The summed E-state index contributed by atoms with van der Waals surface area (Å²) in [5.41, 5.74) is 1.75. The Balaban J connectivity index is 1.97. The zero-order valence-corrected chi connectivity index (χ0v) is 16.0. The molecule has 0 aliphatic carbocycles. The Hall–Kier alpha value is -3.57. The van der Waals surface area contributed by atoms with Crippen LogP contribution in [0.15, 0.2) is 48.5 Å². The van der Waals surface area contributed by atoms with Gasteiger partial charge in [-0.05, 0) is 24.1 Å². The summed E-state index contributed by atoms with van der Waals surface area (Å²) in [5, 5.41) is 2.89. The van der Waals surface area contributed by atoms with E-state index in [4.69, 9.17) is 20.6 Å². The van der Waals surface area contributed by atoms with Crippen molar-refractivity contribution >= 4 is 5.91 Å². The lowest BCUT2D eigenvalue weighted by molar-refractivity contribution is -0.129. The van der Waals surface area contributed by atoms with Gasteiger partial charge in [0.1, 0.15) is 12.7 Å². The molecule has 0 fully saturated rings. The van der Waals surface area contributed by atoms with Crippen LogP contribution in [0.1, 0.15) is 24.2 Å². The van der Waals surface area contributed by atoms with Crippen molar-refractivity contribution in [3.63, 3.8) is 0 Å². The minimum Gasteiger partial charge on any atom is -0.493 e. The van der Waals surface area contributed by atoms with E-state index in [1.54, 1.807) is 20.1 Å². The number of hydrogen-bond acceptors (Lipinski definition) is 4. The first kappa shape index (κ1) is 20.7. The van der Waals surface area contributed by atoms with Crippen LogP contribution in [0.25, 0.3) is 0 Å². The van der Waals surface area contributed by atoms with E-state index in [2.05, 4.69) is 23.3 Å². The van der Waals surface area contributed by atoms with Crippen LogP contribution >= 0.6 is 0 Å². The number of benzene rings is 2. The normalized spacial score (nSPS) is 10.6. The summed E-state index contributed by atoms with van der Waals surface area (Å²) in [4.78, 5) is 12.6. The predicted octanol–water partition coefficient (Wildman–Crippen LogP) is 3.10. The number of terminal acetylenes is 1. The summed E-state index contributed by atoms with van der Waals surface area (Å²) >= 11 is 0. The topological polar surface area (TPSA) is 56.8 Å². The maximum atomic E-state index is 12.6. The summed E-state index contributed by atoms with van der Waals surface area (Å²) in [5.74, 6) is 6.01. The SMILES string of the molecule is C#CCOc1ccc(CCNC(=O)C(OC#CC)c2ccccc2)cc1OC. The monoisotopic (exact) mass is 377 g/mol. The van der Waals surface area contributed by atoms with Gasteiger partial charge in [0.15, 0.2) is 11.5 Å². The first-order valence-corrected chi connectivity index (χ1v) is 8.82. The lowest BCUT2D eigenvalue weighted by atomic mass is 10.1. The van der Waals surface area contributed by atoms with Crippen LogP contribution in [0, 0.1) is 24.4 Å². The number of methoxy groups -OCH3 is 1. The highest BCUT2D eigenvalue weighted by molar-refractivity contribution is 5.82. The van der Waals surface area contributed by atoms with Crippen molar-refractivity contribution in [3.05, 3.63) is 59.7 Å².